The highest BCUT2D eigenvalue weighted by molar-refractivity contribution is 5.99. The molecule has 0 atom stereocenters. The highest BCUT2D eigenvalue weighted by atomic mass is 16.5. The van der Waals surface area contributed by atoms with Gasteiger partial charge in [0.2, 0.25) is 0 Å². The van der Waals surface area contributed by atoms with E-state index < -0.39 is 5.97 Å². The second kappa shape index (κ2) is 5.34. The zero-order chi connectivity index (χ0) is 13.9. The van der Waals surface area contributed by atoms with Crippen LogP contribution in [0.1, 0.15) is 10.4 Å². The molecule has 2 heterocycles. The third-order valence-corrected chi connectivity index (χ3v) is 3.23. The predicted octanol–water partition coefficient (Wildman–Crippen LogP) is 1.88. The van der Waals surface area contributed by atoms with Gasteiger partial charge in [0, 0.05) is 18.7 Å². The molecule has 2 aromatic rings. The number of carboxylic acids is 1. The summed E-state index contributed by atoms with van der Waals surface area (Å²) in [6, 6.07) is 9.13. The van der Waals surface area contributed by atoms with Gasteiger partial charge < -0.3 is 19.3 Å². The van der Waals surface area contributed by atoms with Gasteiger partial charge in [-0.25, -0.2) is 4.79 Å². The highest BCUT2D eigenvalue weighted by Crippen LogP contribution is 2.31. The van der Waals surface area contributed by atoms with Gasteiger partial charge in [-0.15, -0.1) is 0 Å². The standard InChI is InChI=1S/C14H14N2O4/c17-14(18)11-12(10-4-2-1-3-5-10)20-15-13(11)16-6-8-19-9-7-16/h1-5H,6-9H2,(H,17,18). The predicted molar refractivity (Wildman–Crippen MR) is 71.9 cm³/mol. The van der Waals surface area contributed by atoms with Crippen LogP contribution in [-0.2, 0) is 4.74 Å². The number of nitrogens with zero attached hydrogens (tertiary/aromatic N) is 2. The molecule has 1 aromatic heterocycles. The fourth-order valence-corrected chi connectivity index (χ4v) is 2.25. The molecule has 1 aliphatic rings. The average molecular weight is 274 g/mol. The van der Waals surface area contributed by atoms with Crippen LogP contribution in [0.25, 0.3) is 11.3 Å². The molecule has 3 rings (SSSR count). The van der Waals surface area contributed by atoms with Crippen molar-refractivity contribution >= 4 is 11.8 Å². The molecule has 0 saturated carbocycles. The molecule has 6 nitrogen and oxygen atoms in total. The Morgan fingerprint density at radius 2 is 1.90 bits per heavy atom. The van der Waals surface area contributed by atoms with E-state index >= 15 is 0 Å². The van der Waals surface area contributed by atoms with Crippen LogP contribution in [0.5, 0.6) is 0 Å². The van der Waals surface area contributed by atoms with Gasteiger partial charge in [-0.1, -0.05) is 35.5 Å². The molecule has 0 bridgehead atoms. The Morgan fingerprint density at radius 1 is 1.20 bits per heavy atom. The van der Waals surface area contributed by atoms with E-state index in [2.05, 4.69) is 5.16 Å². The number of anilines is 1. The molecular weight excluding hydrogens is 260 g/mol. The van der Waals surface area contributed by atoms with Crippen LogP contribution < -0.4 is 4.90 Å². The van der Waals surface area contributed by atoms with Crippen molar-refractivity contribution in [3.8, 4) is 11.3 Å². The van der Waals surface area contributed by atoms with E-state index in [0.717, 1.165) is 0 Å². The summed E-state index contributed by atoms with van der Waals surface area (Å²) in [5.74, 6) is -0.370. The lowest BCUT2D eigenvalue weighted by Crippen LogP contribution is -2.37. The van der Waals surface area contributed by atoms with E-state index in [-0.39, 0.29) is 5.56 Å². The van der Waals surface area contributed by atoms with Crippen molar-refractivity contribution in [3.63, 3.8) is 0 Å². The fourth-order valence-electron chi connectivity index (χ4n) is 2.25. The Hall–Kier alpha value is -2.34. The van der Waals surface area contributed by atoms with E-state index in [1.165, 1.54) is 0 Å². The number of carboxylic acid groups (broad SMARTS) is 1. The summed E-state index contributed by atoms with van der Waals surface area (Å²) in [6.45, 7) is 2.35. The maximum atomic E-state index is 11.6. The molecule has 1 aromatic carbocycles. The van der Waals surface area contributed by atoms with E-state index in [9.17, 15) is 9.90 Å². The van der Waals surface area contributed by atoms with Crippen LogP contribution in [0.3, 0.4) is 0 Å². The van der Waals surface area contributed by atoms with Gasteiger partial charge in [0.1, 0.15) is 0 Å². The minimum Gasteiger partial charge on any atom is -0.477 e. The molecule has 0 radical (unpaired) electrons. The summed E-state index contributed by atoms with van der Waals surface area (Å²) in [7, 11) is 0. The van der Waals surface area contributed by atoms with Crippen LogP contribution in [0.4, 0.5) is 5.82 Å². The van der Waals surface area contributed by atoms with Crippen molar-refractivity contribution in [2.24, 2.45) is 0 Å². The molecule has 6 heteroatoms. The molecule has 0 spiro atoms. The molecule has 20 heavy (non-hydrogen) atoms. The first kappa shape index (κ1) is 12.7. The van der Waals surface area contributed by atoms with Crippen molar-refractivity contribution in [2.75, 3.05) is 31.2 Å². The van der Waals surface area contributed by atoms with Crippen molar-refractivity contribution in [3.05, 3.63) is 35.9 Å². The fraction of sp³-hybridized carbons (Fsp3) is 0.286. The number of aromatic carboxylic acids is 1. The summed E-state index contributed by atoms with van der Waals surface area (Å²) in [5, 5.41) is 13.4. The van der Waals surface area contributed by atoms with Crippen molar-refractivity contribution < 1.29 is 19.2 Å². The van der Waals surface area contributed by atoms with Gasteiger partial charge >= 0.3 is 5.97 Å². The van der Waals surface area contributed by atoms with E-state index in [0.29, 0.717) is 43.4 Å². The zero-order valence-electron chi connectivity index (χ0n) is 10.8. The van der Waals surface area contributed by atoms with E-state index in [1.54, 1.807) is 12.1 Å². The topological polar surface area (TPSA) is 75.8 Å². The van der Waals surface area contributed by atoms with Crippen molar-refractivity contribution in [1.29, 1.82) is 0 Å². The number of hydrogen-bond donors (Lipinski definition) is 1. The van der Waals surface area contributed by atoms with Gasteiger partial charge in [-0.2, -0.15) is 0 Å². The molecule has 1 N–H and O–H groups in total. The quantitative estimate of drug-likeness (QED) is 0.921. The van der Waals surface area contributed by atoms with Gasteiger partial charge in [0.05, 0.1) is 13.2 Å². The number of hydrogen-bond acceptors (Lipinski definition) is 5. The number of morpholine rings is 1. The van der Waals surface area contributed by atoms with E-state index in [4.69, 9.17) is 9.26 Å². The Morgan fingerprint density at radius 3 is 2.55 bits per heavy atom. The SMILES string of the molecule is O=C(O)c1c(N2CCOCC2)noc1-c1ccccc1. The molecule has 0 unspecified atom stereocenters. The third kappa shape index (κ3) is 2.25. The summed E-state index contributed by atoms with van der Waals surface area (Å²) >= 11 is 0. The first-order valence-electron chi connectivity index (χ1n) is 6.38. The number of ether oxygens (including phenoxy) is 1. The first-order chi connectivity index (χ1) is 9.77. The maximum absolute atomic E-state index is 11.6. The second-order valence-corrected chi connectivity index (χ2v) is 4.48. The minimum atomic E-state index is -1.04. The van der Waals surface area contributed by atoms with E-state index in [1.807, 2.05) is 23.1 Å². The lowest BCUT2D eigenvalue weighted by atomic mass is 10.1. The number of carbonyl (C=O) groups is 1. The molecule has 0 amide bonds. The summed E-state index contributed by atoms with van der Waals surface area (Å²) in [6.07, 6.45) is 0. The highest BCUT2D eigenvalue weighted by Gasteiger charge is 2.28. The Labute approximate surface area is 115 Å². The molecule has 1 aliphatic heterocycles. The van der Waals surface area contributed by atoms with Gasteiger partial charge in [-0.3, -0.25) is 0 Å². The summed E-state index contributed by atoms with van der Waals surface area (Å²) < 4.78 is 10.5. The average Bonchev–Trinajstić information content (AvgIpc) is 2.94. The van der Waals surface area contributed by atoms with Gasteiger partial charge in [0.15, 0.2) is 17.1 Å². The van der Waals surface area contributed by atoms with Crippen LogP contribution >= 0.6 is 0 Å². The van der Waals surface area contributed by atoms with Gasteiger partial charge in [0.25, 0.3) is 0 Å². The lowest BCUT2D eigenvalue weighted by molar-refractivity contribution is 0.0696. The van der Waals surface area contributed by atoms with Crippen LogP contribution in [0.2, 0.25) is 0 Å². The second-order valence-electron chi connectivity index (χ2n) is 4.48. The summed E-state index contributed by atoms with van der Waals surface area (Å²) in [4.78, 5) is 13.4. The monoisotopic (exact) mass is 274 g/mol. The van der Waals surface area contributed by atoms with Crippen molar-refractivity contribution in [2.45, 2.75) is 0 Å². The normalized spacial score (nSPS) is 15.3. The molecular formula is C14H14N2O4. The van der Waals surface area contributed by atoms with Crippen LogP contribution in [0.15, 0.2) is 34.9 Å². The van der Waals surface area contributed by atoms with Gasteiger partial charge in [-0.05, 0) is 0 Å². The first-order valence-corrected chi connectivity index (χ1v) is 6.38. The molecule has 0 aliphatic carbocycles. The minimum absolute atomic E-state index is 0.109. The van der Waals surface area contributed by atoms with Crippen LogP contribution in [0, 0.1) is 0 Å². The van der Waals surface area contributed by atoms with Crippen molar-refractivity contribution in [1.82, 2.24) is 5.16 Å². The smallest absolute Gasteiger partial charge is 0.343 e. The largest absolute Gasteiger partial charge is 0.477 e. The Balaban J connectivity index is 2.04. The number of aromatic nitrogens is 1. The molecule has 1 fully saturated rings. The molecule has 1 saturated heterocycles. The number of rotatable bonds is 3. The Bertz CT molecular complexity index is 603. The Kier molecular flexibility index (Phi) is 3.39. The molecule has 104 valence electrons. The third-order valence-electron chi connectivity index (χ3n) is 3.23. The number of benzene rings is 1. The van der Waals surface area contributed by atoms with Crippen LogP contribution in [-0.4, -0.2) is 42.5 Å². The lowest BCUT2D eigenvalue weighted by Gasteiger charge is -2.26. The maximum Gasteiger partial charge on any atom is 0.343 e. The zero-order valence-corrected chi connectivity index (χ0v) is 10.8. The summed E-state index contributed by atoms with van der Waals surface area (Å²) in [5.41, 5.74) is 0.815.